The van der Waals surface area contributed by atoms with Gasteiger partial charge in [0.25, 0.3) is 5.91 Å². The van der Waals surface area contributed by atoms with E-state index >= 15 is 0 Å². The summed E-state index contributed by atoms with van der Waals surface area (Å²) in [5.41, 5.74) is -2.88. The number of carbonyl (C=O) groups excluding carboxylic acids is 1. The molecule has 1 aromatic rings. The third-order valence-electron chi connectivity index (χ3n) is 7.34. The lowest BCUT2D eigenvalue weighted by Crippen LogP contribution is -2.62. The third kappa shape index (κ3) is 3.55. The van der Waals surface area contributed by atoms with E-state index in [0.29, 0.717) is 31.3 Å². The second-order valence-electron chi connectivity index (χ2n) is 9.90. The summed E-state index contributed by atoms with van der Waals surface area (Å²) in [5, 5.41) is 14.0. The molecule has 2 heterocycles. The van der Waals surface area contributed by atoms with E-state index in [0.717, 1.165) is 57.6 Å². The molecule has 1 saturated heterocycles. The molecular weight excluding hydrogens is 397 g/mol. The number of rotatable bonds is 3. The van der Waals surface area contributed by atoms with E-state index in [1.54, 1.807) is 0 Å². The first kappa shape index (κ1) is 20.0. The summed E-state index contributed by atoms with van der Waals surface area (Å²) in [7, 11) is 0. The number of aromatic nitrogens is 2. The molecule has 0 spiro atoms. The van der Waals surface area contributed by atoms with Crippen LogP contribution in [0.1, 0.15) is 73.8 Å². The van der Waals surface area contributed by atoms with Crippen LogP contribution in [0.25, 0.3) is 0 Å². The highest BCUT2D eigenvalue weighted by Gasteiger charge is 2.57. The monoisotopic (exact) mass is 424 g/mol. The van der Waals surface area contributed by atoms with Crippen LogP contribution in [0.4, 0.5) is 19.1 Å². The summed E-state index contributed by atoms with van der Waals surface area (Å²) in [6, 6.07) is 0. The van der Waals surface area contributed by atoms with Gasteiger partial charge in [-0.1, -0.05) is 0 Å². The number of aliphatic hydroxyl groups is 1. The zero-order valence-corrected chi connectivity index (χ0v) is 16.8. The molecule has 4 saturated carbocycles. The highest BCUT2D eigenvalue weighted by molar-refractivity contribution is 5.95. The van der Waals surface area contributed by atoms with E-state index < -0.39 is 34.5 Å². The van der Waals surface area contributed by atoms with Crippen LogP contribution in [-0.4, -0.2) is 50.1 Å². The zero-order valence-electron chi connectivity index (χ0n) is 16.8. The number of hydrogen-bond acceptors (Lipinski definition) is 5. The Hall–Kier alpha value is -1.90. The molecule has 2 atom stereocenters. The second kappa shape index (κ2) is 6.80. The first-order valence-corrected chi connectivity index (χ1v) is 10.9. The Morgan fingerprint density at radius 1 is 1.13 bits per heavy atom. The van der Waals surface area contributed by atoms with Gasteiger partial charge in [0.15, 0.2) is 5.69 Å². The van der Waals surface area contributed by atoms with Gasteiger partial charge in [0.05, 0.1) is 11.2 Å². The Morgan fingerprint density at radius 2 is 1.80 bits per heavy atom. The second-order valence-corrected chi connectivity index (χ2v) is 9.90. The average Bonchev–Trinajstić information content (AvgIpc) is 2.65. The van der Waals surface area contributed by atoms with Crippen LogP contribution in [0.2, 0.25) is 0 Å². The lowest BCUT2D eigenvalue weighted by Gasteiger charge is -2.60. The molecule has 0 radical (unpaired) electrons. The van der Waals surface area contributed by atoms with E-state index in [-0.39, 0.29) is 5.95 Å². The smallest absolute Gasteiger partial charge is 0.390 e. The Bertz CT molecular complexity index is 839. The molecule has 5 fully saturated rings. The molecular formula is C21H27F3N4O2. The Kier molecular flexibility index (Phi) is 4.54. The number of nitrogens with one attached hydrogen (secondary N) is 1. The van der Waals surface area contributed by atoms with Gasteiger partial charge in [-0.05, 0) is 69.6 Å². The highest BCUT2D eigenvalue weighted by Crippen LogP contribution is 2.58. The van der Waals surface area contributed by atoms with Gasteiger partial charge in [0.2, 0.25) is 5.95 Å². The van der Waals surface area contributed by atoms with Crippen LogP contribution in [0.5, 0.6) is 0 Å². The zero-order chi connectivity index (χ0) is 21.1. The quantitative estimate of drug-likeness (QED) is 0.775. The summed E-state index contributed by atoms with van der Waals surface area (Å²) in [6.07, 6.45) is 3.57. The Labute approximate surface area is 173 Å². The predicted molar refractivity (Wildman–Crippen MR) is 103 cm³/mol. The summed E-state index contributed by atoms with van der Waals surface area (Å²) in [6.45, 7) is 0.918. The van der Waals surface area contributed by atoms with E-state index in [2.05, 4.69) is 15.3 Å². The lowest BCUT2D eigenvalue weighted by atomic mass is 9.51. The van der Waals surface area contributed by atoms with Gasteiger partial charge < -0.3 is 15.3 Å². The number of alkyl halides is 3. The molecule has 0 aromatic carbocycles. The van der Waals surface area contributed by atoms with Gasteiger partial charge in [-0.15, -0.1) is 0 Å². The first-order valence-electron chi connectivity index (χ1n) is 10.9. The minimum atomic E-state index is -4.75. The van der Waals surface area contributed by atoms with Crippen molar-refractivity contribution in [3.63, 3.8) is 0 Å². The highest BCUT2D eigenvalue weighted by atomic mass is 19.4. The fourth-order valence-electron chi connectivity index (χ4n) is 6.68. The average molecular weight is 424 g/mol. The van der Waals surface area contributed by atoms with Crippen molar-refractivity contribution in [2.45, 2.75) is 75.1 Å². The number of likely N-dealkylation sites (tertiary alicyclic amines) is 1. The minimum absolute atomic E-state index is 0.108. The Morgan fingerprint density at radius 3 is 2.40 bits per heavy atom. The number of piperidine rings is 1. The number of hydrogen-bond donors (Lipinski definition) is 2. The van der Waals surface area contributed by atoms with Crippen molar-refractivity contribution in [1.82, 2.24) is 14.9 Å². The largest absolute Gasteiger partial charge is 0.434 e. The molecule has 6 rings (SSSR count). The number of nitrogens with zero attached hydrogens (tertiary/aromatic N) is 3. The van der Waals surface area contributed by atoms with Gasteiger partial charge in [-0.3, -0.25) is 4.79 Å². The van der Waals surface area contributed by atoms with Crippen LogP contribution < -0.4 is 5.32 Å². The van der Waals surface area contributed by atoms with Crippen molar-refractivity contribution in [1.29, 1.82) is 0 Å². The van der Waals surface area contributed by atoms with Crippen LogP contribution in [0, 0.1) is 11.8 Å². The Balaban J connectivity index is 1.43. The summed E-state index contributed by atoms with van der Waals surface area (Å²) < 4.78 is 41.4. The molecule has 5 aliphatic rings. The van der Waals surface area contributed by atoms with Gasteiger partial charge in [0.1, 0.15) is 0 Å². The molecule has 30 heavy (non-hydrogen) atoms. The van der Waals surface area contributed by atoms with Crippen LogP contribution in [0.15, 0.2) is 6.20 Å². The standard InChI is InChI=1S/C21H27F3N4O2/c22-21(23,24)16-15(17(29)28-4-2-1-3-5-28)11-25-18(26-16)27-19-7-13-6-14(8-19)10-20(30,9-13)12-19/h11,13-14,30H,1-10,12H2,(H,25,26,27). The van der Waals surface area contributed by atoms with Crippen molar-refractivity contribution in [3.05, 3.63) is 17.5 Å². The normalized spacial score (nSPS) is 35.5. The first-order chi connectivity index (χ1) is 14.1. The van der Waals surface area contributed by atoms with E-state index in [9.17, 15) is 23.1 Å². The number of amides is 1. The SMILES string of the molecule is O=C(c1cnc(NC23CC4CC(CC(O)(C4)C2)C3)nc1C(F)(F)F)N1CCCCC1. The number of carbonyl (C=O) groups is 1. The van der Waals surface area contributed by atoms with Gasteiger partial charge in [-0.2, -0.15) is 13.2 Å². The van der Waals surface area contributed by atoms with E-state index in [1.165, 1.54) is 4.90 Å². The van der Waals surface area contributed by atoms with Crippen molar-refractivity contribution < 1.29 is 23.1 Å². The van der Waals surface area contributed by atoms with Gasteiger partial charge in [-0.25, -0.2) is 9.97 Å². The molecule has 6 nitrogen and oxygen atoms in total. The minimum Gasteiger partial charge on any atom is -0.390 e. The lowest BCUT2D eigenvalue weighted by molar-refractivity contribution is -0.141. The van der Waals surface area contributed by atoms with Crippen molar-refractivity contribution in [2.24, 2.45) is 11.8 Å². The number of anilines is 1. The summed E-state index contributed by atoms with van der Waals surface area (Å²) in [5.74, 6) is -0.00246. The maximum atomic E-state index is 13.8. The van der Waals surface area contributed by atoms with Crippen LogP contribution >= 0.6 is 0 Å². The number of halogens is 3. The van der Waals surface area contributed by atoms with Crippen LogP contribution in [-0.2, 0) is 6.18 Å². The van der Waals surface area contributed by atoms with Gasteiger partial charge in [0, 0.05) is 24.8 Å². The molecule has 4 aliphatic carbocycles. The molecule has 2 unspecified atom stereocenters. The molecule has 164 valence electrons. The molecule has 1 amide bonds. The van der Waals surface area contributed by atoms with Gasteiger partial charge >= 0.3 is 6.18 Å². The molecule has 4 bridgehead atoms. The third-order valence-corrected chi connectivity index (χ3v) is 7.34. The molecule has 1 aliphatic heterocycles. The van der Waals surface area contributed by atoms with Crippen molar-refractivity contribution in [2.75, 3.05) is 18.4 Å². The van der Waals surface area contributed by atoms with E-state index in [4.69, 9.17) is 0 Å². The summed E-state index contributed by atoms with van der Waals surface area (Å²) in [4.78, 5) is 22.1. The molecule has 2 N–H and O–H groups in total. The topological polar surface area (TPSA) is 78.3 Å². The van der Waals surface area contributed by atoms with E-state index in [1.807, 2.05) is 0 Å². The predicted octanol–water partition coefficient (Wildman–Crippen LogP) is 3.62. The maximum Gasteiger partial charge on any atom is 0.434 e. The summed E-state index contributed by atoms with van der Waals surface area (Å²) >= 11 is 0. The molecule has 9 heteroatoms. The fraction of sp³-hybridized carbons (Fsp3) is 0.762. The maximum absolute atomic E-state index is 13.8. The van der Waals surface area contributed by atoms with Crippen molar-refractivity contribution >= 4 is 11.9 Å². The fourth-order valence-corrected chi connectivity index (χ4v) is 6.68. The van der Waals surface area contributed by atoms with Crippen LogP contribution in [0.3, 0.4) is 0 Å². The molecule has 1 aromatic heterocycles. The van der Waals surface area contributed by atoms with Crippen molar-refractivity contribution in [3.8, 4) is 0 Å².